The van der Waals surface area contributed by atoms with Gasteiger partial charge in [0.15, 0.2) is 0 Å². The summed E-state index contributed by atoms with van der Waals surface area (Å²) in [6, 6.07) is 9.81. The highest BCUT2D eigenvalue weighted by molar-refractivity contribution is 6.16. The first kappa shape index (κ1) is 11.0. The van der Waals surface area contributed by atoms with Crippen LogP contribution in [0.3, 0.4) is 0 Å². The number of aromatic nitrogens is 4. The number of alkyl halides is 1. The van der Waals surface area contributed by atoms with Gasteiger partial charge < -0.3 is 4.52 Å². The van der Waals surface area contributed by atoms with Gasteiger partial charge in [0.25, 0.3) is 0 Å². The lowest BCUT2D eigenvalue weighted by Gasteiger charge is -1.98. The van der Waals surface area contributed by atoms with Crippen LogP contribution in [0.1, 0.15) is 5.89 Å². The molecule has 0 radical (unpaired) electrons. The number of benzene rings is 1. The number of rotatable bonds is 3. The molecule has 0 N–H and O–H groups in total. The molecule has 0 saturated heterocycles. The number of para-hydroxylation sites is 1. The zero-order valence-corrected chi connectivity index (χ0v) is 10.1. The predicted octanol–water partition coefficient (Wildman–Crippen LogP) is 2.66. The molecule has 6 heteroatoms. The van der Waals surface area contributed by atoms with Gasteiger partial charge >= 0.3 is 0 Å². The molecule has 1 aromatic carbocycles. The Morgan fingerprint density at radius 2 is 2.06 bits per heavy atom. The molecule has 0 unspecified atom stereocenters. The van der Waals surface area contributed by atoms with Gasteiger partial charge in [-0.05, 0) is 12.1 Å². The minimum Gasteiger partial charge on any atom is -0.338 e. The molecule has 2 heterocycles. The molecule has 0 aliphatic carbocycles. The normalized spacial score (nSPS) is 10.7. The summed E-state index contributed by atoms with van der Waals surface area (Å²) in [6.45, 7) is 0. The first-order valence-electron chi connectivity index (χ1n) is 5.36. The second-order valence-corrected chi connectivity index (χ2v) is 3.92. The van der Waals surface area contributed by atoms with Crippen LogP contribution in [-0.2, 0) is 5.88 Å². The fourth-order valence-electron chi connectivity index (χ4n) is 1.59. The summed E-state index contributed by atoms with van der Waals surface area (Å²) < 4.78 is 6.71. The molecule has 0 bridgehead atoms. The van der Waals surface area contributed by atoms with Crippen molar-refractivity contribution < 1.29 is 4.52 Å². The van der Waals surface area contributed by atoms with Crippen molar-refractivity contribution in [1.82, 2.24) is 19.9 Å². The van der Waals surface area contributed by atoms with Crippen LogP contribution in [-0.4, -0.2) is 19.9 Å². The highest BCUT2D eigenvalue weighted by atomic mass is 35.5. The van der Waals surface area contributed by atoms with Gasteiger partial charge in [0, 0.05) is 6.20 Å². The zero-order valence-electron chi connectivity index (χ0n) is 9.32. The topological polar surface area (TPSA) is 56.7 Å². The van der Waals surface area contributed by atoms with Crippen LogP contribution >= 0.6 is 11.6 Å². The minimum atomic E-state index is 0.208. The average molecular weight is 261 g/mol. The van der Waals surface area contributed by atoms with Crippen molar-refractivity contribution in [3.05, 3.63) is 48.6 Å². The van der Waals surface area contributed by atoms with Crippen molar-refractivity contribution in [3.8, 4) is 17.1 Å². The summed E-state index contributed by atoms with van der Waals surface area (Å²) in [6.07, 6.45) is 3.54. The molecule has 3 rings (SSSR count). The van der Waals surface area contributed by atoms with Crippen LogP contribution in [0.2, 0.25) is 0 Å². The quantitative estimate of drug-likeness (QED) is 0.680. The van der Waals surface area contributed by atoms with Crippen LogP contribution in [0.25, 0.3) is 17.1 Å². The maximum atomic E-state index is 5.61. The summed E-state index contributed by atoms with van der Waals surface area (Å²) in [5.41, 5.74) is 1.77. The van der Waals surface area contributed by atoms with Crippen molar-refractivity contribution in [2.45, 2.75) is 5.88 Å². The van der Waals surface area contributed by atoms with Crippen molar-refractivity contribution in [2.24, 2.45) is 0 Å². The standard InChI is InChI=1S/C12H9ClN4O/c13-6-11-15-12(16-18-11)9-7-14-17(8-9)10-4-2-1-3-5-10/h1-5,7-8H,6H2. The lowest BCUT2D eigenvalue weighted by Crippen LogP contribution is -1.92. The van der Waals surface area contributed by atoms with E-state index in [1.165, 1.54) is 0 Å². The van der Waals surface area contributed by atoms with E-state index in [9.17, 15) is 0 Å². The Labute approximate surface area is 108 Å². The van der Waals surface area contributed by atoms with E-state index < -0.39 is 0 Å². The fourth-order valence-corrected chi connectivity index (χ4v) is 1.70. The molecule has 0 atom stereocenters. The molecule has 90 valence electrons. The van der Waals surface area contributed by atoms with Crippen molar-refractivity contribution in [3.63, 3.8) is 0 Å². The second-order valence-electron chi connectivity index (χ2n) is 3.65. The summed E-state index contributed by atoms with van der Waals surface area (Å²) in [5, 5.41) is 8.10. The van der Waals surface area contributed by atoms with Gasteiger partial charge in [0.2, 0.25) is 11.7 Å². The maximum Gasteiger partial charge on any atom is 0.241 e. The first-order valence-corrected chi connectivity index (χ1v) is 5.89. The number of hydrogen-bond donors (Lipinski definition) is 0. The molecule has 3 aromatic rings. The molecule has 0 aliphatic heterocycles. The minimum absolute atomic E-state index is 0.208. The van der Waals surface area contributed by atoms with Gasteiger partial charge in [0.1, 0.15) is 5.88 Å². The van der Waals surface area contributed by atoms with E-state index in [0.29, 0.717) is 11.7 Å². The molecule has 2 aromatic heterocycles. The first-order chi connectivity index (χ1) is 8.86. The Morgan fingerprint density at radius 3 is 2.78 bits per heavy atom. The smallest absolute Gasteiger partial charge is 0.241 e. The fraction of sp³-hybridized carbons (Fsp3) is 0.0833. The molecule has 5 nitrogen and oxygen atoms in total. The van der Waals surface area contributed by atoms with Crippen LogP contribution in [0.15, 0.2) is 47.2 Å². The van der Waals surface area contributed by atoms with Gasteiger partial charge in [-0.2, -0.15) is 10.1 Å². The van der Waals surface area contributed by atoms with Crippen LogP contribution < -0.4 is 0 Å². The number of hydrogen-bond acceptors (Lipinski definition) is 4. The van der Waals surface area contributed by atoms with Crippen LogP contribution in [0.5, 0.6) is 0 Å². The third-order valence-corrected chi connectivity index (χ3v) is 2.67. The summed E-state index contributed by atoms with van der Waals surface area (Å²) in [7, 11) is 0. The monoisotopic (exact) mass is 260 g/mol. The number of halogens is 1. The Morgan fingerprint density at radius 1 is 1.22 bits per heavy atom. The third-order valence-electron chi connectivity index (χ3n) is 2.44. The van der Waals surface area contributed by atoms with Crippen molar-refractivity contribution in [1.29, 1.82) is 0 Å². The van der Waals surface area contributed by atoms with Crippen LogP contribution in [0, 0.1) is 0 Å². The Balaban J connectivity index is 1.94. The van der Waals surface area contributed by atoms with Gasteiger partial charge in [-0.15, -0.1) is 11.6 Å². The van der Waals surface area contributed by atoms with Gasteiger partial charge in [0.05, 0.1) is 17.4 Å². The molecule has 0 amide bonds. The van der Waals surface area contributed by atoms with E-state index in [-0.39, 0.29) is 5.88 Å². The maximum absolute atomic E-state index is 5.61. The lowest BCUT2D eigenvalue weighted by molar-refractivity contribution is 0.391. The molecule has 0 spiro atoms. The zero-order chi connectivity index (χ0) is 12.4. The highest BCUT2D eigenvalue weighted by Crippen LogP contribution is 2.17. The second kappa shape index (κ2) is 4.62. The molecule has 0 saturated carbocycles. The largest absolute Gasteiger partial charge is 0.338 e. The third kappa shape index (κ3) is 2.00. The number of nitrogens with zero attached hydrogens (tertiary/aromatic N) is 4. The average Bonchev–Trinajstić information content (AvgIpc) is 3.08. The molecular weight excluding hydrogens is 252 g/mol. The SMILES string of the molecule is ClCc1nc(-c2cnn(-c3ccccc3)c2)no1. The Hall–Kier alpha value is -2.14. The Bertz CT molecular complexity index is 647. The van der Waals surface area contributed by atoms with Gasteiger partial charge in [-0.1, -0.05) is 23.4 Å². The van der Waals surface area contributed by atoms with E-state index in [1.54, 1.807) is 10.9 Å². The van der Waals surface area contributed by atoms with E-state index in [0.717, 1.165) is 11.3 Å². The highest BCUT2D eigenvalue weighted by Gasteiger charge is 2.10. The molecular formula is C12H9ClN4O. The summed E-state index contributed by atoms with van der Waals surface area (Å²) in [4.78, 5) is 4.14. The molecule has 18 heavy (non-hydrogen) atoms. The lowest BCUT2D eigenvalue weighted by atomic mass is 10.3. The van der Waals surface area contributed by atoms with Crippen molar-refractivity contribution in [2.75, 3.05) is 0 Å². The summed E-state index contributed by atoms with van der Waals surface area (Å²) >= 11 is 5.61. The molecule has 0 fully saturated rings. The predicted molar refractivity (Wildman–Crippen MR) is 66.4 cm³/mol. The van der Waals surface area contributed by atoms with E-state index in [2.05, 4.69) is 15.2 Å². The van der Waals surface area contributed by atoms with Gasteiger partial charge in [-0.3, -0.25) is 0 Å². The molecule has 0 aliphatic rings. The van der Waals surface area contributed by atoms with Gasteiger partial charge in [-0.25, -0.2) is 4.68 Å². The van der Waals surface area contributed by atoms with E-state index in [1.807, 2.05) is 36.5 Å². The summed E-state index contributed by atoms with van der Waals surface area (Å²) in [5.74, 6) is 1.10. The van der Waals surface area contributed by atoms with Crippen LogP contribution in [0.4, 0.5) is 0 Å². The Kier molecular flexibility index (Phi) is 2.82. The van der Waals surface area contributed by atoms with Crippen molar-refractivity contribution >= 4 is 11.6 Å². The van der Waals surface area contributed by atoms with E-state index >= 15 is 0 Å². The van der Waals surface area contributed by atoms with E-state index in [4.69, 9.17) is 16.1 Å².